The van der Waals surface area contributed by atoms with Crippen LogP contribution in [-0.2, 0) is 0 Å². The minimum absolute atomic E-state index is 0.457. The van der Waals surface area contributed by atoms with Gasteiger partial charge in [-0.25, -0.2) is 9.97 Å². The summed E-state index contributed by atoms with van der Waals surface area (Å²) in [6, 6.07) is 11.9. The first kappa shape index (κ1) is 14.8. The fourth-order valence-electron chi connectivity index (χ4n) is 3.15. The number of para-hydroxylation sites is 1. The van der Waals surface area contributed by atoms with Crippen LogP contribution < -0.4 is 9.80 Å². The SMILES string of the molecule is N#Cc1ccccc1N1CCN(c2cc(Cl)nc3[nH]cnc23)CC1. The van der Waals surface area contributed by atoms with Gasteiger partial charge in [0, 0.05) is 32.2 Å². The molecule has 4 rings (SSSR count). The van der Waals surface area contributed by atoms with Gasteiger partial charge in [-0.15, -0.1) is 0 Å². The van der Waals surface area contributed by atoms with Crippen LogP contribution in [0.3, 0.4) is 0 Å². The smallest absolute Gasteiger partial charge is 0.161 e. The Labute approximate surface area is 144 Å². The molecule has 1 aliphatic rings. The second-order valence-corrected chi connectivity index (χ2v) is 6.05. The molecule has 0 aliphatic carbocycles. The molecule has 0 amide bonds. The molecule has 0 saturated carbocycles. The average molecular weight is 339 g/mol. The van der Waals surface area contributed by atoms with Crippen molar-refractivity contribution in [1.82, 2.24) is 15.0 Å². The van der Waals surface area contributed by atoms with E-state index < -0.39 is 0 Å². The number of fused-ring (bicyclic) bond motifs is 1. The Morgan fingerprint density at radius 2 is 1.79 bits per heavy atom. The molecule has 1 saturated heterocycles. The lowest BCUT2D eigenvalue weighted by Crippen LogP contribution is -2.46. The number of benzene rings is 1. The van der Waals surface area contributed by atoms with E-state index in [2.05, 4.69) is 30.8 Å². The number of hydrogen-bond donors (Lipinski definition) is 1. The number of aromatic nitrogens is 3. The van der Waals surface area contributed by atoms with Gasteiger partial charge in [0.05, 0.1) is 23.3 Å². The standard InChI is InChI=1S/C17H15ClN6/c18-15-9-14(16-17(22-15)21-11-20-16)24-7-5-23(6-8-24)13-4-2-1-3-12(13)10-19/h1-4,9,11H,5-8H2,(H,20,21,22). The van der Waals surface area contributed by atoms with Crippen LogP contribution in [0.25, 0.3) is 11.2 Å². The Balaban J connectivity index is 1.58. The molecule has 1 aliphatic heterocycles. The van der Waals surface area contributed by atoms with Gasteiger partial charge in [-0.3, -0.25) is 0 Å². The van der Waals surface area contributed by atoms with E-state index in [1.165, 1.54) is 0 Å². The number of rotatable bonds is 2. The van der Waals surface area contributed by atoms with Crippen molar-refractivity contribution in [2.75, 3.05) is 36.0 Å². The molecule has 0 bridgehead atoms. The largest absolute Gasteiger partial charge is 0.367 e. The van der Waals surface area contributed by atoms with Crippen LogP contribution >= 0.6 is 11.6 Å². The molecule has 24 heavy (non-hydrogen) atoms. The van der Waals surface area contributed by atoms with Gasteiger partial charge in [-0.05, 0) is 12.1 Å². The number of nitrogens with zero attached hydrogens (tertiary/aromatic N) is 5. The van der Waals surface area contributed by atoms with Crippen LogP contribution in [0.1, 0.15) is 5.56 Å². The van der Waals surface area contributed by atoms with Gasteiger partial charge in [-0.1, -0.05) is 23.7 Å². The van der Waals surface area contributed by atoms with Crippen molar-refractivity contribution in [2.24, 2.45) is 0 Å². The fraction of sp³-hybridized carbons (Fsp3) is 0.235. The molecule has 6 nitrogen and oxygen atoms in total. The second kappa shape index (κ2) is 6.02. The van der Waals surface area contributed by atoms with E-state index in [-0.39, 0.29) is 0 Å². The predicted octanol–water partition coefficient (Wildman–Crippen LogP) is 2.81. The van der Waals surface area contributed by atoms with E-state index in [1.807, 2.05) is 30.3 Å². The molecule has 3 heterocycles. The highest BCUT2D eigenvalue weighted by Crippen LogP contribution is 2.28. The maximum atomic E-state index is 9.28. The molecule has 1 N–H and O–H groups in total. The van der Waals surface area contributed by atoms with Gasteiger partial charge < -0.3 is 14.8 Å². The van der Waals surface area contributed by atoms with Crippen LogP contribution in [0.15, 0.2) is 36.7 Å². The first-order valence-corrected chi connectivity index (χ1v) is 8.13. The first-order valence-electron chi connectivity index (χ1n) is 7.75. The Morgan fingerprint density at radius 3 is 2.54 bits per heavy atom. The summed E-state index contributed by atoms with van der Waals surface area (Å²) in [6.07, 6.45) is 1.64. The Bertz CT molecular complexity index is 920. The monoisotopic (exact) mass is 338 g/mol. The molecule has 2 aromatic heterocycles. The highest BCUT2D eigenvalue weighted by Gasteiger charge is 2.22. The number of pyridine rings is 1. The summed E-state index contributed by atoms with van der Waals surface area (Å²) in [7, 11) is 0. The molecule has 7 heteroatoms. The third-order valence-corrected chi connectivity index (χ3v) is 4.52. The summed E-state index contributed by atoms with van der Waals surface area (Å²) in [5.41, 5.74) is 4.25. The van der Waals surface area contributed by atoms with Crippen molar-refractivity contribution in [3.63, 3.8) is 0 Å². The fourth-order valence-corrected chi connectivity index (χ4v) is 3.34. The van der Waals surface area contributed by atoms with Crippen molar-refractivity contribution in [3.8, 4) is 6.07 Å². The quantitative estimate of drug-likeness (QED) is 0.727. The second-order valence-electron chi connectivity index (χ2n) is 5.67. The molecule has 1 aromatic carbocycles. The van der Waals surface area contributed by atoms with Crippen molar-refractivity contribution in [3.05, 3.63) is 47.4 Å². The van der Waals surface area contributed by atoms with Crippen molar-refractivity contribution in [2.45, 2.75) is 0 Å². The van der Waals surface area contributed by atoms with Crippen molar-refractivity contribution < 1.29 is 0 Å². The van der Waals surface area contributed by atoms with Gasteiger partial charge in [0.15, 0.2) is 5.65 Å². The van der Waals surface area contributed by atoms with Crippen molar-refractivity contribution in [1.29, 1.82) is 5.26 Å². The Kier molecular flexibility index (Phi) is 3.71. The number of halogens is 1. The van der Waals surface area contributed by atoms with Crippen LogP contribution in [-0.4, -0.2) is 41.1 Å². The molecular weight excluding hydrogens is 324 g/mol. The lowest BCUT2D eigenvalue weighted by Gasteiger charge is -2.37. The highest BCUT2D eigenvalue weighted by molar-refractivity contribution is 6.30. The van der Waals surface area contributed by atoms with Gasteiger partial charge >= 0.3 is 0 Å². The number of H-pyrrole nitrogens is 1. The minimum atomic E-state index is 0.457. The van der Waals surface area contributed by atoms with Crippen LogP contribution in [0.5, 0.6) is 0 Å². The molecule has 3 aromatic rings. The molecule has 0 spiro atoms. The minimum Gasteiger partial charge on any atom is -0.367 e. The van der Waals surface area contributed by atoms with Gasteiger partial charge in [-0.2, -0.15) is 5.26 Å². The average Bonchev–Trinajstić information content (AvgIpc) is 3.09. The Hall–Kier alpha value is -2.78. The summed E-state index contributed by atoms with van der Waals surface area (Å²) in [4.78, 5) is 16.1. The summed E-state index contributed by atoms with van der Waals surface area (Å²) < 4.78 is 0. The summed E-state index contributed by atoms with van der Waals surface area (Å²) in [5, 5.41) is 9.74. The zero-order chi connectivity index (χ0) is 16.5. The van der Waals surface area contributed by atoms with Gasteiger partial charge in [0.2, 0.25) is 0 Å². The number of nitrogens with one attached hydrogen (secondary N) is 1. The number of hydrogen-bond acceptors (Lipinski definition) is 5. The van der Waals surface area contributed by atoms with Gasteiger partial charge in [0.25, 0.3) is 0 Å². The number of anilines is 2. The maximum absolute atomic E-state index is 9.28. The summed E-state index contributed by atoms with van der Waals surface area (Å²) >= 11 is 6.13. The van der Waals surface area contributed by atoms with Crippen molar-refractivity contribution >= 4 is 34.1 Å². The van der Waals surface area contributed by atoms with E-state index in [9.17, 15) is 5.26 Å². The first-order chi connectivity index (χ1) is 11.8. The summed E-state index contributed by atoms with van der Waals surface area (Å²) in [6.45, 7) is 3.35. The lowest BCUT2D eigenvalue weighted by atomic mass is 10.1. The van der Waals surface area contributed by atoms with E-state index >= 15 is 0 Å². The van der Waals surface area contributed by atoms with E-state index in [1.54, 1.807) is 6.33 Å². The van der Waals surface area contributed by atoms with Gasteiger partial charge in [0.1, 0.15) is 16.7 Å². The molecule has 0 atom stereocenters. The predicted molar refractivity (Wildman–Crippen MR) is 94.5 cm³/mol. The highest BCUT2D eigenvalue weighted by atomic mass is 35.5. The Morgan fingerprint density at radius 1 is 1.08 bits per heavy atom. The van der Waals surface area contributed by atoms with E-state index in [0.29, 0.717) is 16.4 Å². The third kappa shape index (κ3) is 2.53. The lowest BCUT2D eigenvalue weighted by molar-refractivity contribution is 0.654. The van der Waals surface area contributed by atoms with Crippen LogP contribution in [0, 0.1) is 11.3 Å². The summed E-state index contributed by atoms with van der Waals surface area (Å²) in [5.74, 6) is 0. The zero-order valence-corrected chi connectivity index (χ0v) is 13.7. The molecular formula is C17H15ClN6. The zero-order valence-electron chi connectivity index (χ0n) is 12.9. The molecule has 120 valence electrons. The topological polar surface area (TPSA) is 71.8 Å². The molecule has 0 radical (unpaired) electrons. The van der Waals surface area contributed by atoms with Crippen LogP contribution in [0.2, 0.25) is 5.15 Å². The van der Waals surface area contributed by atoms with Crippen LogP contribution in [0.4, 0.5) is 11.4 Å². The third-order valence-electron chi connectivity index (χ3n) is 4.32. The maximum Gasteiger partial charge on any atom is 0.161 e. The molecule has 1 fully saturated rings. The number of aromatic amines is 1. The van der Waals surface area contributed by atoms with E-state index in [4.69, 9.17) is 11.6 Å². The van der Waals surface area contributed by atoms with E-state index in [0.717, 1.165) is 43.1 Å². The normalized spacial score (nSPS) is 14.8. The number of piperazine rings is 1. The number of imidazole rings is 1. The number of nitriles is 1. The molecule has 0 unspecified atom stereocenters.